The summed E-state index contributed by atoms with van der Waals surface area (Å²) >= 11 is 5.96. The number of rotatable bonds is 10. The number of hydrogen-bond donors (Lipinski definition) is 3. The summed E-state index contributed by atoms with van der Waals surface area (Å²) in [6.45, 7) is 3.06. The highest BCUT2D eigenvalue weighted by atomic mass is 35.5. The molecule has 2 aromatic carbocycles. The van der Waals surface area contributed by atoms with Gasteiger partial charge in [-0.15, -0.1) is 5.10 Å². The fraction of sp³-hybridized carbons (Fsp3) is 0.423. The van der Waals surface area contributed by atoms with Crippen LogP contribution in [0.2, 0.25) is 5.02 Å². The van der Waals surface area contributed by atoms with Gasteiger partial charge < -0.3 is 29.6 Å². The van der Waals surface area contributed by atoms with Crippen LogP contribution in [0, 0.1) is 17.5 Å². The quantitative estimate of drug-likeness (QED) is 0.188. The standard InChI is InChI=1S/C26H28ClF3N4O6/c1-3-39-32-13(2)25(38-12-14-4-6-16(27)7-5-14)26-24(37)22(23(36)20(11-35)40-26)34-10-19(31-33-34)15-8-17(28)21(30)18(29)9-15/h4-10,20,22-26,35-37H,3,11-12H2,1-2H3/b32-13+/t20?,22-,23-,24?,25+,26+/m0/s1. The third-order valence-electron chi connectivity index (χ3n) is 6.42. The fourth-order valence-corrected chi connectivity index (χ4v) is 4.52. The highest BCUT2D eigenvalue weighted by Gasteiger charge is 2.49. The van der Waals surface area contributed by atoms with E-state index in [4.69, 9.17) is 25.9 Å². The van der Waals surface area contributed by atoms with Gasteiger partial charge in [0.2, 0.25) is 0 Å². The molecule has 0 amide bonds. The van der Waals surface area contributed by atoms with E-state index in [9.17, 15) is 28.5 Å². The molecule has 2 unspecified atom stereocenters. The zero-order valence-corrected chi connectivity index (χ0v) is 22.2. The largest absolute Gasteiger partial charge is 0.396 e. The minimum absolute atomic E-state index is 0.0505. The highest BCUT2D eigenvalue weighted by molar-refractivity contribution is 6.30. The van der Waals surface area contributed by atoms with E-state index in [0.717, 1.165) is 22.4 Å². The number of aliphatic hydroxyl groups is 3. The Labute approximate surface area is 232 Å². The maximum absolute atomic E-state index is 13.8. The molecular formula is C26H28ClF3N4O6. The van der Waals surface area contributed by atoms with Gasteiger partial charge in [0.15, 0.2) is 17.5 Å². The maximum Gasteiger partial charge on any atom is 0.194 e. The topological polar surface area (TPSA) is 131 Å². The van der Waals surface area contributed by atoms with Gasteiger partial charge >= 0.3 is 0 Å². The summed E-state index contributed by atoms with van der Waals surface area (Å²) in [5.74, 6) is -4.46. The van der Waals surface area contributed by atoms with Gasteiger partial charge in [0, 0.05) is 10.6 Å². The van der Waals surface area contributed by atoms with Gasteiger partial charge in [0.25, 0.3) is 0 Å². The third kappa shape index (κ3) is 6.45. The van der Waals surface area contributed by atoms with Crippen molar-refractivity contribution in [2.24, 2.45) is 5.16 Å². The number of benzene rings is 2. The minimum Gasteiger partial charge on any atom is -0.396 e. The lowest BCUT2D eigenvalue weighted by molar-refractivity contribution is -0.227. The molecule has 2 heterocycles. The molecule has 6 atom stereocenters. The number of hydrogen-bond acceptors (Lipinski definition) is 9. The van der Waals surface area contributed by atoms with E-state index in [1.807, 2.05) is 0 Å². The van der Waals surface area contributed by atoms with Crippen molar-refractivity contribution in [3.05, 3.63) is 70.6 Å². The van der Waals surface area contributed by atoms with Crippen LogP contribution < -0.4 is 0 Å². The number of aromatic nitrogens is 3. The molecule has 1 aromatic heterocycles. The van der Waals surface area contributed by atoms with E-state index in [2.05, 4.69) is 15.5 Å². The zero-order valence-electron chi connectivity index (χ0n) is 21.5. The average Bonchev–Trinajstić information content (AvgIpc) is 3.42. The summed E-state index contributed by atoms with van der Waals surface area (Å²) in [5, 5.41) is 44.7. The lowest BCUT2D eigenvalue weighted by atomic mass is 9.89. The molecule has 40 heavy (non-hydrogen) atoms. The van der Waals surface area contributed by atoms with Gasteiger partial charge in [-0.3, -0.25) is 0 Å². The van der Waals surface area contributed by atoms with Crippen LogP contribution in [0.4, 0.5) is 13.2 Å². The number of halogens is 4. The van der Waals surface area contributed by atoms with Crippen LogP contribution in [-0.4, -0.2) is 79.8 Å². The van der Waals surface area contributed by atoms with Gasteiger partial charge in [-0.25, -0.2) is 17.9 Å². The molecule has 0 bridgehead atoms. The second-order valence-electron chi connectivity index (χ2n) is 9.14. The van der Waals surface area contributed by atoms with E-state index in [1.165, 1.54) is 6.20 Å². The molecule has 3 N–H and O–H groups in total. The molecule has 0 saturated carbocycles. The molecule has 1 aliphatic heterocycles. The first kappa shape index (κ1) is 29.9. The Morgan fingerprint density at radius 1 is 1.15 bits per heavy atom. The summed E-state index contributed by atoms with van der Waals surface area (Å²) in [6, 6.07) is 7.15. The second-order valence-corrected chi connectivity index (χ2v) is 9.58. The summed E-state index contributed by atoms with van der Waals surface area (Å²) in [4.78, 5) is 5.17. The van der Waals surface area contributed by atoms with E-state index in [-0.39, 0.29) is 24.5 Å². The number of ether oxygens (including phenoxy) is 2. The molecule has 0 spiro atoms. The molecule has 3 aromatic rings. The fourth-order valence-electron chi connectivity index (χ4n) is 4.39. The molecule has 0 radical (unpaired) electrons. The highest BCUT2D eigenvalue weighted by Crippen LogP contribution is 2.34. The van der Waals surface area contributed by atoms with E-state index < -0.39 is 60.6 Å². The van der Waals surface area contributed by atoms with Crippen molar-refractivity contribution in [2.75, 3.05) is 13.2 Å². The van der Waals surface area contributed by atoms with Crippen molar-refractivity contribution in [3.63, 3.8) is 0 Å². The average molecular weight is 585 g/mol. The van der Waals surface area contributed by atoms with Crippen molar-refractivity contribution >= 4 is 17.3 Å². The molecule has 4 rings (SSSR count). The van der Waals surface area contributed by atoms with Crippen LogP contribution in [0.5, 0.6) is 0 Å². The molecule has 1 fully saturated rings. The summed E-state index contributed by atoms with van der Waals surface area (Å²) in [5.41, 5.74) is 0.908. The van der Waals surface area contributed by atoms with Crippen LogP contribution >= 0.6 is 11.6 Å². The molecule has 10 nitrogen and oxygen atoms in total. The summed E-state index contributed by atoms with van der Waals surface area (Å²) in [7, 11) is 0. The zero-order chi connectivity index (χ0) is 29.0. The Kier molecular flexibility index (Phi) is 9.77. The normalized spacial score (nSPS) is 24.2. The first-order chi connectivity index (χ1) is 19.1. The monoisotopic (exact) mass is 584 g/mol. The van der Waals surface area contributed by atoms with Gasteiger partial charge in [-0.05, 0) is 43.7 Å². The molecule has 216 valence electrons. The van der Waals surface area contributed by atoms with Gasteiger partial charge in [-0.1, -0.05) is 34.1 Å². The molecule has 1 aliphatic rings. The molecule has 0 aliphatic carbocycles. The van der Waals surface area contributed by atoms with Crippen LogP contribution in [0.25, 0.3) is 11.3 Å². The third-order valence-corrected chi connectivity index (χ3v) is 6.67. The van der Waals surface area contributed by atoms with Crippen molar-refractivity contribution in [1.29, 1.82) is 0 Å². The SMILES string of the molecule is CCO/N=C(\C)[C@@H](OCc1ccc(Cl)cc1)[C@@H]1OC(CO)[C@H](O)[C@H](n2cc(-c3cc(F)c(F)c(F)c3)nn2)C1O. The predicted octanol–water partition coefficient (Wildman–Crippen LogP) is 3.04. The Bertz CT molecular complexity index is 1310. The minimum atomic E-state index is -1.63. The van der Waals surface area contributed by atoms with Gasteiger partial charge in [0.1, 0.15) is 48.9 Å². The predicted molar refractivity (Wildman–Crippen MR) is 137 cm³/mol. The first-order valence-electron chi connectivity index (χ1n) is 12.4. The van der Waals surface area contributed by atoms with E-state index in [1.54, 1.807) is 38.1 Å². The van der Waals surface area contributed by atoms with Crippen molar-refractivity contribution in [2.45, 2.75) is 57.0 Å². The first-order valence-corrected chi connectivity index (χ1v) is 12.7. The Hall–Kier alpha value is -3.07. The molecule has 14 heteroatoms. The lowest BCUT2D eigenvalue weighted by Crippen LogP contribution is -2.60. The van der Waals surface area contributed by atoms with E-state index in [0.29, 0.717) is 10.7 Å². The van der Waals surface area contributed by atoms with Crippen molar-refractivity contribution in [3.8, 4) is 11.3 Å². The molecule has 1 saturated heterocycles. The number of oxime groups is 1. The van der Waals surface area contributed by atoms with Crippen LogP contribution in [0.3, 0.4) is 0 Å². The van der Waals surface area contributed by atoms with E-state index >= 15 is 0 Å². The van der Waals surface area contributed by atoms with Crippen LogP contribution in [-0.2, 0) is 20.9 Å². The Balaban J connectivity index is 1.66. The summed E-state index contributed by atoms with van der Waals surface area (Å²) in [6.07, 6.45) is -5.14. The maximum atomic E-state index is 13.8. The van der Waals surface area contributed by atoms with Crippen molar-refractivity contribution in [1.82, 2.24) is 15.0 Å². The molecular weight excluding hydrogens is 557 g/mol. The Morgan fingerprint density at radius 2 is 1.82 bits per heavy atom. The van der Waals surface area contributed by atoms with Gasteiger partial charge in [-0.2, -0.15) is 0 Å². The smallest absolute Gasteiger partial charge is 0.194 e. The van der Waals surface area contributed by atoms with Crippen LogP contribution in [0.1, 0.15) is 25.5 Å². The Morgan fingerprint density at radius 3 is 2.45 bits per heavy atom. The lowest BCUT2D eigenvalue weighted by Gasteiger charge is -2.44. The van der Waals surface area contributed by atoms with Crippen molar-refractivity contribution < 1.29 is 42.8 Å². The van der Waals surface area contributed by atoms with Gasteiger partial charge in [0.05, 0.1) is 25.1 Å². The second kappa shape index (κ2) is 13.1. The number of aliphatic hydroxyl groups excluding tert-OH is 3. The summed E-state index contributed by atoms with van der Waals surface area (Å²) < 4.78 is 54.1. The van der Waals surface area contributed by atoms with Crippen LogP contribution in [0.15, 0.2) is 47.8 Å². The number of nitrogens with zero attached hydrogens (tertiary/aromatic N) is 4.